The highest BCUT2D eigenvalue weighted by atomic mass is 16.5. The van der Waals surface area contributed by atoms with Crippen LogP contribution in [0.4, 0.5) is 0 Å². The molecular formula is C17H27N3O. The lowest BCUT2D eigenvalue weighted by Gasteiger charge is -2.37. The van der Waals surface area contributed by atoms with Crippen molar-refractivity contribution in [1.29, 1.82) is 5.41 Å². The molecular weight excluding hydrogens is 262 g/mol. The second-order valence-corrected chi connectivity index (χ2v) is 6.70. The third-order valence-electron chi connectivity index (χ3n) is 4.51. The summed E-state index contributed by atoms with van der Waals surface area (Å²) in [6.45, 7) is 8.72. The number of nitrogens with zero attached hydrogens (tertiary/aromatic N) is 1. The summed E-state index contributed by atoms with van der Waals surface area (Å²) in [6.07, 6.45) is 3.69. The smallest absolute Gasteiger partial charge is 0.225 e. The molecule has 3 atom stereocenters. The number of ether oxygens (including phenoxy) is 1. The molecule has 3 N–H and O–H groups in total. The van der Waals surface area contributed by atoms with Crippen LogP contribution in [0.2, 0.25) is 0 Å². The lowest BCUT2D eigenvalue weighted by atomic mass is 9.75. The Morgan fingerprint density at radius 1 is 1.38 bits per heavy atom. The molecule has 4 heteroatoms. The van der Waals surface area contributed by atoms with Gasteiger partial charge >= 0.3 is 0 Å². The third kappa shape index (κ3) is 3.74. The van der Waals surface area contributed by atoms with E-state index in [1.165, 1.54) is 12.8 Å². The van der Waals surface area contributed by atoms with E-state index in [2.05, 4.69) is 25.8 Å². The molecule has 1 saturated carbocycles. The predicted molar refractivity (Wildman–Crippen MR) is 85.7 cm³/mol. The van der Waals surface area contributed by atoms with Crippen LogP contribution in [0.15, 0.2) is 12.1 Å². The van der Waals surface area contributed by atoms with E-state index >= 15 is 0 Å². The summed E-state index contributed by atoms with van der Waals surface area (Å²) < 4.78 is 6.24. The Hall–Kier alpha value is -1.58. The number of hydrogen-bond donors (Lipinski definition) is 2. The molecule has 2 rings (SSSR count). The fraction of sp³-hybridized carbons (Fsp3) is 0.647. The molecule has 4 nitrogen and oxygen atoms in total. The molecule has 0 amide bonds. The number of pyridine rings is 1. The number of nitrogen functional groups attached to an aromatic ring is 1. The minimum Gasteiger partial charge on any atom is -0.474 e. The van der Waals surface area contributed by atoms with E-state index in [1.807, 2.05) is 19.1 Å². The summed E-state index contributed by atoms with van der Waals surface area (Å²) in [7, 11) is 0. The van der Waals surface area contributed by atoms with Gasteiger partial charge in [-0.05, 0) is 49.7 Å². The van der Waals surface area contributed by atoms with Crippen LogP contribution in [0.3, 0.4) is 0 Å². The van der Waals surface area contributed by atoms with Crippen LogP contribution in [0, 0.1) is 30.1 Å². The van der Waals surface area contributed by atoms with E-state index in [1.54, 1.807) is 0 Å². The zero-order valence-electron chi connectivity index (χ0n) is 13.5. The van der Waals surface area contributed by atoms with E-state index < -0.39 is 0 Å². The third-order valence-corrected chi connectivity index (χ3v) is 4.51. The molecule has 0 aliphatic heterocycles. The molecule has 0 aromatic carbocycles. The molecule has 0 spiro atoms. The van der Waals surface area contributed by atoms with Gasteiger partial charge in [0.15, 0.2) is 0 Å². The van der Waals surface area contributed by atoms with Crippen molar-refractivity contribution >= 4 is 5.84 Å². The van der Waals surface area contributed by atoms with E-state index in [9.17, 15) is 0 Å². The Morgan fingerprint density at radius 3 is 2.71 bits per heavy atom. The summed E-state index contributed by atoms with van der Waals surface area (Å²) in [6, 6.07) is 3.70. The second kappa shape index (κ2) is 6.46. The Bertz CT molecular complexity index is 513. The number of rotatable bonds is 4. The summed E-state index contributed by atoms with van der Waals surface area (Å²) in [4.78, 5) is 4.46. The van der Waals surface area contributed by atoms with Crippen molar-refractivity contribution in [3.8, 4) is 5.88 Å². The van der Waals surface area contributed by atoms with Crippen LogP contribution >= 0.6 is 0 Å². The SMILES string of the molecule is Cc1ccc(C(=N)N)c(OC2CC(C)CCC2C(C)C)n1. The van der Waals surface area contributed by atoms with Crippen molar-refractivity contribution in [2.45, 2.75) is 53.1 Å². The van der Waals surface area contributed by atoms with Gasteiger partial charge in [-0.1, -0.05) is 27.2 Å². The first-order valence-electron chi connectivity index (χ1n) is 7.87. The average Bonchev–Trinajstić information content (AvgIpc) is 2.38. The van der Waals surface area contributed by atoms with Crippen molar-refractivity contribution in [3.05, 3.63) is 23.4 Å². The summed E-state index contributed by atoms with van der Waals surface area (Å²) in [5.74, 6) is 2.35. The number of hydrogen-bond acceptors (Lipinski definition) is 3. The molecule has 3 unspecified atom stereocenters. The molecule has 1 heterocycles. The molecule has 116 valence electrons. The van der Waals surface area contributed by atoms with Crippen LogP contribution in [0.1, 0.15) is 51.3 Å². The molecule has 21 heavy (non-hydrogen) atoms. The van der Waals surface area contributed by atoms with Crippen LogP contribution < -0.4 is 10.5 Å². The van der Waals surface area contributed by atoms with Gasteiger partial charge in [0.05, 0.1) is 5.56 Å². The second-order valence-electron chi connectivity index (χ2n) is 6.70. The van der Waals surface area contributed by atoms with Crippen molar-refractivity contribution in [1.82, 2.24) is 4.98 Å². The summed E-state index contributed by atoms with van der Waals surface area (Å²) >= 11 is 0. The standard InChI is InChI=1S/C17H27N3O/c1-10(2)13-7-5-11(3)9-15(13)21-17-14(16(18)19)8-6-12(4)20-17/h6,8,10-11,13,15H,5,7,9H2,1-4H3,(H3,18,19). The first-order valence-corrected chi connectivity index (χ1v) is 7.87. The molecule has 1 aliphatic rings. The largest absolute Gasteiger partial charge is 0.474 e. The highest BCUT2D eigenvalue weighted by Crippen LogP contribution is 2.36. The number of amidine groups is 1. The maximum atomic E-state index is 7.70. The summed E-state index contributed by atoms with van der Waals surface area (Å²) in [5, 5.41) is 7.70. The van der Waals surface area contributed by atoms with Gasteiger partial charge < -0.3 is 10.5 Å². The van der Waals surface area contributed by atoms with Gasteiger partial charge in [0.25, 0.3) is 0 Å². The van der Waals surface area contributed by atoms with Crippen LogP contribution in [-0.4, -0.2) is 16.9 Å². The van der Waals surface area contributed by atoms with E-state index in [0.717, 1.165) is 12.1 Å². The first-order chi connectivity index (χ1) is 9.88. The van der Waals surface area contributed by atoms with Gasteiger partial charge in [-0.15, -0.1) is 0 Å². The molecule has 1 fully saturated rings. The zero-order valence-corrected chi connectivity index (χ0v) is 13.5. The maximum absolute atomic E-state index is 7.70. The van der Waals surface area contributed by atoms with E-state index in [0.29, 0.717) is 29.2 Å². The lowest BCUT2D eigenvalue weighted by molar-refractivity contribution is 0.0424. The van der Waals surface area contributed by atoms with Crippen molar-refractivity contribution < 1.29 is 4.74 Å². The van der Waals surface area contributed by atoms with Crippen LogP contribution in [-0.2, 0) is 0 Å². The van der Waals surface area contributed by atoms with Crippen molar-refractivity contribution in [2.75, 3.05) is 0 Å². The van der Waals surface area contributed by atoms with Gasteiger partial charge in [0, 0.05) is 5.69 Å². The number of nitrogens with two attached hydrogens (primary N) is 1. The highest BCUT2D eigenvalue weighted by Gasteiger charge is 2.33. The molecule has 0 saturated heterocycles. The Balaban J connectivity index is 2.26. The Morgan fingerprint density at radius 2 is 2.10 bits per heavy atom. The average molecular weight is 289 g/mol. The number of aromatic nitrogens is 1. The van der Waals surface area contributed by atoms with Crippen LogP contribution in [0.25, 0.3) is 0 Å². The van der Waals surface area contributed by atoms with Gasteiger partial charge in [0.1, 0.15) is 11.9 Å². The zero-order chi connectivity index (χ0) is 15.6. The number of nitrogens with one attached hydrogen (secondary N) is 1. The summed E-state index contributed by atoms with van der Waals surface area (Å²) in [5.41, 5.74) is 7.14. The van der Waals surface area contributed by atoms with Gasteiger partial charge in [0.2, 0.25) is 5.88 Å². The minimum atomic E-state index is 0.0162. The normalized spacial score (nSPS) is 25.9. The Kier molecular flexibility index (Phi) is 4.86. The van der Waals surface area contributed by atoms with Crippen molar-refractivity contribution in [2.24, 2.45) is 23.5 Å². The van der Waals surface area contributed by atoms with E-state index in [-0.39, 0.29) is 11.9 Å². The maximum Gasteiger partial charge on any atom is 0.225 e. The quantitative estimate of drug-likeness (QED) is 0.658. The fourth-order valence-corrected chi connectivity index (χ4v) is 3.22. The van der Waals surface area contributed by atoms with Crippen LogP contribution in [0.5, 0.6) is 5.88 Å². The fourth-order valence-electron chi connectivity index (χ4n) is 3.22. The van der Waals surface area contributed by atoms with Gasteiger partial charge in [-0.25, -0.2) is 4.98 Å². The monoisotopic (exact) mass is 289 g/mol. The molecule has 1 aliphatic carbocycles. The minimum absolute atomic E-state index is 0.0162. The number of aryl methyl sites for hydroxylation is 1. The lowest BCUT2D eigenvalue weighted by Crippen LogP contribution is -2.37. The van der Waals surface area contributed by atoms with Crippen molar-refractivity contribution in [3.63, 3.8) is 0 Å². The van der Waals surface area contributed by atoms with E-state index in [4.69, 9.17) is 15.9 Å². The molecule has 0 bridgehead atoms. The molecule has 1 aromatic rings. The van der Waals surface area contributed by atoms with Gasteiger partial charge in [-0.2, -0.15) is 0 Å². The highest BCUT2D eigenvalue weighted by molar-refractivity contribution is 5.97. The predicted octanol–water partition coefficient (Wildman–Crippen LogP) is 3.51. The molecule has 0 radical (unpaired) electrons. The first kappa shape index (κ1) is 15.8. The molecule has 1 aromatic heterocycles. The van der Waals surface area contributed by atoms with Gasteiger partial charge in [-0.3, -0.25) is 5.41 Å². The topological polar surface area (TPSA) is 72.0 Å². The Labute approximate surface area is 127 Å².